The quantitative estimate of drug-likeness (QED) is 0.820. The molecule has 1 aromatic rings. The zero-order valence-electron chi connectivity index (χ0n) is 11.4. The van der Waals surface area contributed by atoms with E-state index in [0.29, 0.717) is 19.4 Å². The summed E-state index contributed by atoms with van der Waals surface area (Å²) in [6.45, 7) is 6.94. The van der Waals surface area contributed by atoms with Gasteiger partial charge < -0.3 is 5.32 Å². The second-order valence-corrected chi connectivity index (χ2v) is 6.64. The number of piperidine rings is 1. The summed E-state index contributed by atoms with van der Waals surface area (Å²) in [6.07, 6.45) is 0.953. The van der Waals surface area contributed by atoms with Crippen LogP contribution < -0.4 is 10.6 Å². The number of amides is 2. The van der Waals surface area contributed by atoms with E-state index in [4.69, 9.17) is 0 Å². The molecule has 5 nitrogen and oxygen atoms in total. The molecule has 0 bridgehead atoms. The monoisotopic (exact) mass is 281 g/mol. The summed E-state index contributed by atoms with van der Waals surface area (Å²) in [5.74, 6) is -0.422. The van der Waals surface area contributed by atoms with Crippen LogP contribution in [0.5, 0.6) is 0 Å². The van der Waals surface area contributed by atoms with Gasteiger partial charge >= 0.3 is 0 Å². The third-order valence-corrected chi connectivity index (χ3v) is 4.28. The van der Waals surface area contributed by atoms with E-state index in [1.807, 2.05) is 5.38 Å². The number of thiazole rings is 1. The zero-order chi connectivity index (χ0) is 14.0. The molecule has 0 spiro atoms. The molecular formula is C13H19N3O2S. The van der Waals surface area contributed by atoms with Gasteiger partial charge in [-0.3, -0.25) is 14.9 Å². The van der Waals surface area contributed by atoms with E-state index in [1.165, 1.54) is 0 Å². The van der Waals surface area contributed by atoms with Crippen LogP contribution in [0.3, 0.4) is 0 Å². The van der Waals surface area contributed by atoms with Crippen LogP contribution in [0.2, 0.25) is 0 Å². The summed E-state index contributed by atoms with van der Waals surface area (Å²) in [5, 5.41) is 8.59. The summed E-state index contributed by atoms with van der Waals surface area (Å²) in [5.41, 5.74) is 0.997. The summed E-state index contributed by atoms with van der Waals surface area (Å²) in [7, 11) is 0. The van der Waals surface area contributed by atoms with E-state index in [2.05, 4.69) is 36.4 Å². The molecule has 2 amide bonds. The predicted octanol–water partition coefficient (Wildman–Crippen LogP) is 1.34. The lowest BCUT2D eigenvalue weighted by atomic mass is 9.98. The maximum atomic E-state index is 11.6. The Morgan fingerprint density at radius 1 is 1.47 bits per heavy atom. The molecule has 0 radical (unpaired) electrons. The predicted molar refractivity (Wildman–Crippen MR) is 73.8 cm³/mol. The molecule has 6 heteroatoms. The lowest BCUT2D eigenvalue weighted by Crippen LogP contribution is -2.50. The molecule has 1 aliphatic rings. The van der Waals surface area contributed by atoms with Gasteiger partial charge in [0.05, 0.1) is 16.7 Å². The van der Waals surface area contributed by atoms with E-state index in [-0.39, 0.29) is 23.3 Å². The molecule has 1 aliphatic heterocycles. The summed E-state index contributed by atoms with van der Waals surface area (Å²) in [4.78, 5) is 27.2. The van der Waals surface area contributed by atoms with Crippen molar-refractivity contribution in [2.24, 2.45) is 0 Å². The maximum absolute atomic E-state index is 11.6. The number of rotatable bonds is 3. The molecule has 1 atom stereocenters. The van der Waals surface area contributed by atoms with Crippen molar-refractivity contribution in [3.63, 3.8) is 0 Å². The topological polar surface area (TPSA) is 71.1 Å². The van der Waals surface area contributed by atoms with Crippen LogP contribution in [-0.4, -0.2) is 22.8 Å². The standard InChI is InChI=1S/C13H19N3O2S/c1-13(2,3)12-15-8(7-19-12)6-14-9-4-5-10(17)16-11(9)18/h7,9,14H,4-6H2,1-3H3,(H,16,17,18). The smallest absolute Gasteiger partial charge is 0.243 e. The Hall–Kier alpha value is -1.27. The number of aromatic nitrogens is 1. The molecule has 0 saturated carbocycles. The second kappa shape index (κ2) is 5.38. The van der Waals surface area contributed by atoms with Crippen molar-refractivity contribution in [1.29, 1.82) is 0 Å². The number of imide groups is 1. The Morgan fingerprint density at radius 2 is 2.21 bits per heavy atom. The molecule has 1 aromatic heterocycles. The van der Waals surface area contributed by atoms with E-state index >= 15 is 0 Å². The molecule has 0 aliphatic carbocycles. The van der Waals surface area contributed by atoms with Crippen LogP contribution in [0.1, 0.15) is 44.3 Å². The van der Waals surface area contributed by atoms with Crippen molar-refractivity contribution in [2.45, 2.75) is 51.6 Å². The Bertz CT molecular complexity index is 490. The molecule has 2 heterocycles. The minimum atomic E-state index is -0.294. The van der Waals surface area contributed by atoms with Gasteiger partial charge in [0.1, 0.15) is 0 Å². The summed E-state index contributed by atoms with van der Waals surface area (Å²) in [6, 6.07) is -0.294. The van der Waals surface area contributed by atoms with Crippen molar-refractivity contribution in [3.05, 3.63) is 16.1 Å². The Balaban J connectivity index is 1.90. The first-order chi connectivity index (χ1) is 8.86. The highest BCUT2D eigenvalue weighted by Gasteiger charge is 2.26. The molecule has 104 valence electrons. The Labute approximate surface area is 116 Å². The van der Waals surface area contributed by atoms with Gasteiger partial charge in [-0.25, -0.2) is 4.98 Å². The van der Waals surface area contributed by atoms with Crippen LogP contribution in [0.4, 0.5) is 0 Å². The van der Waals surface area contributed by atoms with E-state index in [1.54, 1.807) is 11.3 Å². The first kappa shape index (κ1) is 14.1. The average molecular weight is 281 g/mol. The second-order valence-electron chi connectivity index (χ2n) is 5.78. The highest BCUT2D eigenvalue weighted by molar-refractivity contribution is 7.09. The van der Waals surface area contributed by atoms with E-state index in [9.17, 15) is 9.59 Å². The van der Waals surface area contributed by atoms with E-state index in [0.717, 1.165) is 10.7 Å². The van der Waals surface area contributed by atoms with Crippen molar-refractivity contribution < 1.29 is 9.59 Å². The highest BCUT2D eigenvalue weighted by atomic mass is 32.1. The lowest BCUT2D eigenvalue weighted by Gasteiger charge is -2.21. The summed E-state index contributed by atoms with van der Waals surface area (Å²) >= 11 is 1.64. The first-order valence-electron chi connectivity index (χ1n) is 6.38. The highest BCUT2D eigenvalue weighted by Crippen LogP contribution is 2.25. The largest absolute Gasteiger partial charge is 0.300 e. The molecule has 19 heavy (non-hydrogen) atoms. The van der Waals surface area contributed by atoms with Gasteiger partial charge in [-0.15, -0.1) is 11.3 Å². The molecule has 2 N–H and O–H groups in total. The minimum absolute atomic E-state index is 0.0531. The van der Waals surface area contributed by atoms with E-state index < -0.39 is 0 Å². The van der Waals surface area contributed by atoms with Gasteiger partial charge in [-0.1, -0.05) is 20.8 Å². The molecule has 1 unspecified atom stereocenters. The average Bonchev–Trinajstić information content (AvgIpc) is 2.76. The molecule has 0 aromatic carbocycles. The van der Waals surface area contributed by atoms with Crippen LogP contribution in [0.15, 0.2) is 5.38 Å². The molecule has 1 fully saturated rings. The zero-order valence-corrected chi connectivity index (χ0v) is 12.3. The van der Waals surface area contributed by atoms with Crippen molar-refractivity contribution >= 4 is 23.2 Å². The number of carbonyl (C=O) groups excluding carboxylic acids is 2. The van der Waals surface area contributed by atoms with Crippen LogP contribution in [0.25, 0.3) is 0 Å². The Kier molecular flexibility index (Phi) is 4.01. The maximum Gasteiger partial charge on any atom is 0.243 e. The fourth-order valence-corrected chi connectivity index (χ4v) is 2.76. The van der Waals surface area contributed by atoms with Gasteiger partial charge in [-0.2, -0.15) is 0 Å². The van der Waals surface area contributed by atoms with Crippen LogP contribution >= 0.6 is 11.3 Å². The van der Waals surface area contributed by atoms with Gasteiger partial charge in [0.25, 0.3) is 0 Å². The molecule has 1 saturated heterocycles. The fraction of sp³-hybridized carbons (Fsp3) is 0.615. The van der Waals surface area contributed by atoms with Crippen molar-refractivity contribution in [3.8, 4) is 0 Å². The number of carbonyl (C=O) groups is 2. The number of nitrogens with zero attached hydrogens (tertiary/aromatic N) is 1. The SMILES string of the molecule is CC(C)(C)c1nc(CNC2CCC(=O)NC2=O)cs1. The van der Waals surface area contributed by atoms with Crippen molar-refractivity contribution in [2.75, 3.05) is 0 Å². The molecule has 2 rings (SSSR count). The van der Waals surface area contributed by atoms with Crippen LogP contribution in [0, 0.1) is 0 Å². The Morgan fingerprint density at radius 3 is 2.79 bits per heavy atom. The summed E-state index contributed by atoms with van der Waals surface area (Å²) < 4.78 is 0. The molecular weight excluding hydrogens is 262 g/mol. The first-order valence-corrected chi connectivity index (χ1v) is 7.26. The fourth-order valence-electron chi connectivity index (χ4n) is 1.85. The van der Waals surface area contributed by atoms with Crippen LogP contribution in [-0.2, 0) is 21.5 Å². The van der Waals surface area contributed by atoms with Gasteiger partial charge in [0.2, 0.25) is 11.8 Å². The normalized spacial score (nSPS) is 20.5. The number of hydrogen-bond acceptors (Lipinski definition) is 5. The lowest BCUT2D eigenvalue weighted by molar-refractivity contribution is -0.134. The van der Waals surface area contributed by atoms with Gasteiger partial charge in [-0.05, 0) is 6.42 Å². The third kappa shape index (κ3) is 3.61. The number of hydrogen-bond donors (Lipinski definition) is 2. The van der Waals surface area contributed by atoms with Gasteiger partial charge in [0, 0.05) is 23.8 Å². The number of nitrogens with one attached hydrogen (secondary N) is 2. The minimum Gasteiger partial charge on any atom is -0.300 e. The van der Waals surface area contributed by atoms with Gasteiger partial charge in [0.15, 0.2) is 0 Å². The third-order valence-electron chi connectivity index (χ3n) is 2.96. The van der Waals surface area contributed by atoms with Crippen molar-refractivity contribution in [1.82, 2.24) is 15.6 Å².